The van der Waals surface area contributed by atoms with Crippen molar-refractivity contribution >= 4 is 11.9 Å². The van der Waals surface area contributed by atoms with Crippen LogP contribution in [0.15, 0.2) is 29.3 Å². The number of benzene rings is 1. The minimum Gasteiger partial charge on any atom is -0.356 e. The Balaban J connectivity index is 1.70. The summed E-state index contributed by atoms with van der Waals surface area (Å²) < 4.78 is 0. The number of carbonyl (C=O) groups excluding carboxylic acids is 1. The lowest BCUT2D eigenvalue weighted by Crippen LogP contribution is -2.43. The first kappa shape index (κ1) is 20.3. The number of piperidine rings is 1. The monoisotopic (exact) mass is 358 g/mol. The standard InChI is InChI=1S/C21H34N4O/c1-16-7-9-19(10-8-16)18(3)14-24-21(22-4)23-12-11-20(26)25-13-5-6-17(2)15-25/h7-10,17-18H,5-6,11-15H2,1-4H3,(H2,22,23,24). The number of amides is 1. The molecule has 2 atom stereocenters. The molecule has 2 unspecified atom stereocenters. The zero-order chi connectivity index (χ0) is 18.9. The quantitative estimate of drug-likeness (QED) is 0.607. The zero-order valence-electron chi connectivity index (χ0n) is 16.7. The van der Waals surface area contributed by atoms with Crippen LogP contribution < -0.4 is 10.6 Å². The van der Waals surface area contributed by atoms with Gasteiger partial charge in [-0.15, -0.1) is 0 Å². The van der Waals surface area contributed by atoms with Crippen LogP contribution in [0.25, 0.3) is 0 Å². The highest BCUT2D eigenvalue weighted by atomic mass is 16.2. The largest absolute Gasteiger partial charge is 0.356 e. The molecule has 2 rings (SSSR count). The van der Waals surface area contributed by atoms with E-state index in [9.17, 15) is 4.79 Å². The summed E-state index contributed by atoms with van der Waals surface area (Å²) in [6, 6.07) is 8.64. The molecule has 1 fully saturated rings. The Kier molecular flexibility index (Phi) is 7.95. The van der Waals surface area contributed by atoms with Gasteiger partial charge >= 0.3 is 0 Å². The Morgan fingerprint density at radius 3 is 2.69 bits per heavy atom. The number of nitrogens with one attached hydrogen (secondary N) is 2. The van der Waals surface area contributed by atoms with Gasteiger partial charge in [0.25, 0.3) is 0 Å². The van der Waals surface area contributed by atoms with Gasteiger partial charge in [0, 0.05) is 39.6 Å². The van der Waals surface area contributed by atoms with Crippen LogP contribution in [0.2, 0.25) is 0 Å². The molecule has 1 heterocycles. The van der Waals surface area contributed by atoms with Gasteiger partial charge in [-0.2, -0.15) is 0 Å². The van der Waals surface area contributed by atoms with Gasteiger partial charge in [-0.1, -0.05) is 43.7 Å². The molecule has 1 aromatic rings. The molecule has 1 aromatic carbocycles. The van der Waals surface area contributed by atoms with Crippen molar-refractivity contribution in [1.29, 1.82) is 0 Å². The second kappa shape index (κ2) is 10.2. The van der Waals surface area contributed by atoms with Crippen LogP contribution in [0.4, 0.5) is 0 Å². The van der Waals surface area contributed by atoms with E-state index in [1.807, 2.05) is 4.90 Å². The van der Waals surface area contributed by atoms with Crippen molar-refractivity contribution in [1.82, 2.24) is 15.5 Å². The summed E-state index contributed by atoms with van der Waals surface area (Å²) in [5, 5.41) is 6.61. The van der Waals surface area contributed by atoms with E-state index in [1.165, 1.54) is 17.5 Å². The van der Waals surface area contributed by atoms with E-state index in [0.717, 1.165) is 32.0 Å². The number of nitrogens with zero attached hydrogens (tertiary/aromatic N) is 2. The molecule has 1 saturated heterocycles. The van der Waals surface area contributed by atoms with Gasteiger partial charge in [0.15, 0.2) is 5.96 Å². The van der Waals surface area contributed by atoms with Crippen molar-refractivity contribution in [3.05, 3.63) is 35.4 Å². The molecule has 0 saturated carbocycles. The number of aliphatic imine (C=N–C) groups is 1. The summed E-state index contributed by atoms with van der Waals surface area (Å²) >= 11 is 0. The van der Waals surface area contributed by atoms with E-state index in [-0.39, 0.29) is 5.91 Å². The predicted molar refractivity (Wildman–Crippen MR) is 109 cm³/mol. The molecule has 144 valence electrons. The number of hydrogen-bond donors (Lipinski definition) is 2. The van der Waals surface area contributed by atoms with Crippen molar-refractivity contribution in [2.24, 2.45) is 10.9 Å². The fourth-order valence-electron chi connectivity index (χ4n) is 3.35. The average molecular weight is 359 g/mol. The molecular formula is C21H34N4O. The predicted octanol–water partition coefficient (Wildman–Crippen LogP) is 2.91. The summed E-state index contributed by atoms with van der Waals surface area (Å²) in [5.41, 5.74) is 2.59. The molecule has 0 radical (unpaired) electrons. The van der Waals surface area contributed by atoms with Crippen molar-refractivity contribution in [3.8, 4) is 0 Å². The first-order valence-corrected chi connectivity index (χ1v) is 9.78. The van der Waals surface area contributed by atoms with E-state index in [4.69, 9.17) is 0 Å². The van der Waals surface area contributed by atoms with Crippen molar-refractivity contribution in [3.63, 3.8) is 0 Å². The lowest BCUT2D eigenvalue weighted by Gasteiger charge is -2.31. The number of carbonyl (C=O) groups is 1. The lowest BCUT2D eigenvalue weighted by molar-refractivity contribution is -0.132. The van der Waals surface area contributed by atoms with Crippen LogP contribution in [-0.4, -0.2) is 50.0 Å². The minimum atomic E-state index is 0.243. The Bertz CT molecular complexity index is 597. The number of rotatable bonds is 6. The third kappa shape index (κ3) is 6.36. The lowest BCUT2D eigenvalue weighted by atomic mass is 10.00. The second-order valence-electron chi connectivity index (χ2n) is 7.53. The summed E-state index contributed by atoms with van der Waals surface area (Å²) in [6.07, 6.45) is 2.87. The van der Waals surface area contributed by atoms with E-state index >= 15 is 0 Å². The van der Waals surface area contributed by atoms with Crippen LogP contribution in [0, 0.1) is 12.8 Å². The molecule has 0 spiro atoms. The third-order valence-corrected chi connectivity index (χ3v) is 5.09. The molecule has 26 heavy (non-hydrogen) atoms. The Morgan fingerprint density at radius 1 is 1.31 bits per heavy atom. The number of hydrogen-bond acceptors (Lipinski definition) is 2. The second-order valence-corrected chi connectivity index (χ2v) is 7.53. The topological polar surface area (TPSA) is 56.7 Å². The van der Waals surface area contributed by atoms with Crippen LogP contribution in [-0.2, 0) is 4.79 Å². The van der Waals surface area contributed by atoms with Crippen molar-refractivity contribution in [2.45, 2.75) is 46.0 Å². The fourth-order valence-corrected chi connectivity index (χ4v) is 3.35. The Hall–Kier alpha value is -2.04. The van der Waals surface area contributed by atoms with Crippen LogP contribution >= 0.6 is 0 Å². The zero-order valence-corrected chi connectivity index (χ0v) is 16.7. The first-order chi connectivity index (χ1) is 12.5. The molecule has 1 aliphatic rings. The van der Waals surface area contributed by atoms with Gasteiger partial charge in [0.05, 0.1) is 0 Å². The molecule has 5 nitrogen and oxygen atoms in total. The highest BCUT2D eigenvalue weighted by molar-refractivity contribution is 5.81. The van der Waals surface area contributed by atoms with E-state index < -0.39 is 0 Å². The summed E-state index contributed by atoms with van der Waals surface area (Å²) in [6.45, 7) is 9.75. The first-order valence-electron chi connectivity index (χ1n) is 9.78. The SMILES string of the molecule is CN=C(NCCC(=O)N1CCCC(C)C1)NCC(C)c1ccc(C)cc1. The number of likely N-dealkylation sites (tertiary alicyclic amines) is 1. The Morgan fingerprint density at radius 2 is 2.04 bits per heavy atom. The molecule has 0 aromatic heterocycles. The van der Waals surface area contributed by atoms with Crippen molar-refractivity contribution < 1.29 is 4.79 Å². The van der Waals surface area contributed by atoms with Crippen LogP contribution in [0.1, 0.15) is 50.2 Å². The Labute approximate surface area is 158 Å². The van der Waals surface area contributed by atoms with E-state index in [0.29, 0.717) is 24.8 Å². The fraction of sp³-hybridized carbons (Fsp3) is 0.619. The van der Waals surface area contributed by atoms with E-state index in [1.54, 1.807) is 7.05 Å². The van der Waals surface area contributed by atoms with Crippen LogP contribution in [0.5, 0.6) is 0 Å². The van der Waals surface area contributed by atoms with E-state index in [2.05, 4.69) is 60.7 Å². The molecule has 2 N–H and O–H groups in total. The van der Waals surface area contributed by atoms with Gasteiger partial charge in [-0.05, 0) is 37.2 Å². The molecule has 1 aliphatic heterocycles. The summed E-state index contributed by atoms with van der Waals surface area (Å²) in [5.74, 6) is 2.01. The van der Waals surface area contributed by atoms with Gasteiger partial charge in [-0.3, -0.25) is 9.79 Å². The highest BCUT2D eigenvalue weighted by Gasteiger charge is 2.20. The normalized spacial score (nSPS) is 19.2. The van der Waals surface area contributed by atoms with Gasteiger partial charge in [-0.25, -0.2) is 0 Å². The smallest absolute Gasteiger partial charge is 0.224 e. The average Bonchev–Trinajstić information content (AvgIpc) is 2.64. The molecule has 0 bridgehead atoms. The van der Waals surface area contributed by atoms with Gasteiger partial charge in [0.1, 0.15) is 0 Å². The highest BCUT2D eigenvalue weighted by Crippen LogP contribution is 2.16. The molecule has 1 amide bonds. The maximum Gasteiger partial charge on any atom is 0.224 e. The molecule has 0 aliphatic carbocycles. The maximum absolute atomic E-state index is 12.3. The summed E-state index contributed by atoms with van der Waals surface area (Å²) in [4.78, 5) is 18.6. The van der Waals surface area contributed by atoms with Crippen LogP contribution in [0.3, 0.4) is 0 Å². The van der Waals surface area contributed by atoms with Gasteiger partial charge in [0.2, 0.25) is 5.91 Å². The number of aryl methyl sites for hydroxylation is 1. The van der Waals surface area contributed by atoms with Crippen molar-refractivity contribution in [2.75, 3.05) is 33.2 Å². The minimum absolute atomic E-state index is 0.243. The third-order valence-electron chi connectivity index (χ3n) is 5.09. The molecular weight excluding hydrogens is 324 g/mol. The summed E-state index contributed by atoms with van der Waals surface area (Å²) in [7, 11) is 1.76. The van der Waals surface area contributed by atoms with Gasteiger partial charge < -0.3 is 15.5 Å². The number of guanidine groups is 1. The maximum atomic E-state index is 12.3. The molecule has 5 heteroatoms.